The fourth-order valence-corrected chi connectivity index (χ4v) is 15.4. The van der Waals surface area contributed by atoms with Gasteiger partial charge in [-0.05, 0) is 48.8 Å². The summed E-state index contributed by atoms with van der Waals surface area (Å²) < 4.78 is 0. The molecule has 0 saturated heterocycles. The summed E-state index contributed by atoms with van der Waals surface area (Å²) in [4.78, 5) is 0. The summed E-state index contributed by atoms with van der Waals surface area (Å²) in [7, 11) is 12.0. The van der Waals surface area contributed by atoms with Crippen molar-refractivity contribution >= 4 is 59.6 Å². The van der Waals surface area contributed by atoms with Crippen LogP contribution in [0, 0.1) is 13.8 Å². The van der Waals surface area contributed by atoms with E-state index in [0.717, 1.165) is 0 Å². The van der Waals surface area contributed by atoms with Crippen molar-refractivity contribution in [3.05, 3.63) is 151 Å². The van der Waals surface area contributed by atoms with Gasteiger partial charge in [0.15, 0.2) is 0 Å². The molecule has 0 bridgehead atoms. The Bertz CT molecular complexity index is 1290. The summed E-state index contributed by atoms with van der Waals surface area (Å²) >= 11 is -1.51. The van der Waals surface area contributed by atoms with Crippen molar-refractivity contribution in [3.8, 4) is 0 Å². The van der Waals surface area contributed by atoms with E-state index >= 15 is 0 Å². The first-order valence-electron chi connectivity index (χ1n) is 11.9. The van der Waals surface area contributed by atoms with Gasteiger partial charge in [0, 0.05) is 0 Å². The first kappa shape index (κ1) is 28.2. The minimum absolute atomic E-state index is 0.483. The second-order valence-electron chi connectivity index (χ2n) is 8.30. The van der Waals surface area contributed by atoms with Crippen molar-refractivity contribution in [1.29, 1.82) is 0 Å². The molecule has 5 aromatic carbocycles. The summed E-state index contributed by atoms with van der Waals surface area (Å²) in [5.41, 5.74) is 2.78. The molecule has 0 heterocycles. The average molecular weight is 653 g/mol. The van der Waals surface area contributed by atoms with E-state index in [0.29, 0.717) is 0 Å². The molecule has 0 aromatic heterocycles. The molecule has 5 rings (SSSR count). The second kappa shape index (κ2) is 14.4. The minimum atomic E-state index is -1.51. The van der Waals surface area contributed by atoms with Crippen molar-refractivity contribution in [3.63, 3.8) is 0 Å². The van der Waals surface area contributed by atoms with Gasteiger partial charge in [-0.2, -0.15) is 0 Å². The van der Waals surface area contributed by atoms with Gasteiger partial charge >= 0.3 is 111 Å². The molecule has 0 nitrogen and oxygen atoms in total. The van der Waals surface area contributed by atoms with E-state index in [4.69, 9.17) is 19.1 Å². The molecule has 0 radical (unpaired) electrons. The third-order valence-electron chi connectivity index (χ3n) is 5.89. The first-order chi connectivity index (χ1) is 18.1. The Morgan fingerprint density at radius 3 is 1.22 bits per heavy atom. The van der Waals surface area contributed by atoms with Crippen LogP contribution < -0.4 is 26.5 Å². The molecule has 37 heavy (non-hydrogen) atoms. The van der Waals surface area contributed by atoms with Crippen LogP contribution in [-0.2, 0) is 14.2 Å². The van der Waals surface area contributed by atoms with Crippen molar-refractivity contribution in [2.24, 2.45) is 0 Å². The molecule has 0 spiro atoms. The Kier molecular flexibility index (Phi) is 11.0. The normalized spacial score (nSPS) is 11.1. The maximum absolute atomic E-state index is 6.22. The van der Waals surface area contributed by atoms with Gasteiger partial charge in [-0.3, -0.25) is 0 Å². The van der Waals surface area contributed by atoms with Gasteiger partial charge < -0.3 is 0 Å². The molecule has 0 N–H and O–H groups in total. The van der Waals surface area contributed by atoms with Crippen LogP contribution in [0.25, 0.3) is 0 Å². The predicted octanol–water partition coefficient (Wildman–Crippen LogP) is 8.02. The van der Waals surface area contributed by atoms with Gasteiger partial charge in [0.05, 0.1) is 0 Å². The van der Waals surface area contributed by atoms with Gasteiger partial charge in [0.2, 0.25) is 0 Å². The summed E-state index contributed by atoms with van der Waals surface area (Å²) in [6.07, 6.45) is -0.562. The molecular formula is C32H29Cl2P2Pd. The van der Waals surface area contributed by atoms with Crippen LogP contribution in [0.3, 0.4) is 0 Å². The Labute approximate surface area is 236 Å². The predicted molar refractivity (Wildman–Crippen MR) is 165 cm³/mol. The first-order valence-corrected chi connectivity index (χ1v) is 20.5. The molecule has 5 heteroatoms. The monoisotopic (exact) mass is 651 g/mol. The summed E-state index contributed by atoms with van der Waals surface area (Å²) in [6.45, 7) is 4.44. The SMILES string of the molecule is Cc1cccc(P(c2ccccc2)c2ccccc2)c1C.[Cl][Pd]([Cl])[P](c1ccccc1)c1ccccc1. The van der Waals surface area contributed by atoms with Crippen LogP contribution in [0.5, 0.6) is 0 Å². The molecule has 0 amide bonds. The van der Waals surface area contributed by atoms with Gasteiger partial charge in [0.1, 0.15) is 0 Å². The van der Waals surface area contributed by atoms with E-state index < -0.39 is 28.3 Å². The van der Waals surface area contributed by atoms with Gasteiger partial charge in [-0.25, -0.2) is 0 Å². The summed E-state index contributed by atoms with van der Waals surface area (Å²) in [5, 5.41) is 6.80. The molecule has 0 aliphatic heterocycles. The van der Waals surface area contributed by atoms with E-state index in [2.05, 4.69) is 117 Å². The zero-order chi connectivity index (χ0) is 26.0. The molecule has 0 unspecified atom stereocenters. The Morgan fingerprint density at radius 2 is 0.838 bits per heavy atom. The number of aryl methyl sites for hydroxylation is 1. The van der Waals surface area contributed by atoms with Crippen LogP contribution in [0.2, 0.25) is 0 Å². The molecule has 0 fully saturated rings. The summed E-state index contributed by atoms with van der Waals surface area (Å²) in [6, 6.07) is 49.0. The number of hydrogen-bond donors (Lipinski definition) is 0. The number of benzene rings is 5. The van der Waals surface area contributed by atoms with Crippen molar-refractivity contribution in [2.75, 3.05) is 0 Å². The zero-order valence-corrected chi connectivity index (χ0v) is 25.6. The zero-order valence-electron chi connectivity index (χ0n) is 20.7. The quantitative estimate of drug-likeness (QED) is 0.129. The van der Waals surface area contributed by atoms with E-state index in [1.165, 1.54) is 37.6 Å². The molecular weight excluding hydrogens is 624 g/mol. The average Bonchev–Trinajstić information content (AvgIpc) is 2.94. The van der Waals surface area contributed by atoms with Crippen LogP contribution in [0.4, 0.5) is 0 Å². The third-order valence-corrected chi connectivity index (χ3v) is 17.9. The fourth-order valence-electron chi connectivity index (χ4n) is 3.93. The Morgan fingerprint density at radius 1 is 0.459 bits per heavy atom. The van der Waals surface area contributed by atoms with Crippen LogP contribution >= 0.6 is 33.1 Å². The molecule has 5 aromatic rings. The van der Waals surface area contributed by atoms with E-state index in [-0.39, 0.29) is 0 Å². The molecule has 0 saturated carbocycles. The fraction of sp³-hybridized carbons (Fsp3) is 0.0625. The summed E-state index contributed by atoms with van der Waals surface area (Å²) in [5.74, 6) is 0. The van der Waals surface area contributed by atoms with Crippen LogP contribution in [0.1, 0.15) is 11.1 Å². The number of halogens is 2. The van der Waals surface area contributed by atoms with E-state index in [9.17, 15) is 0 Å². The Hall–Kier alpha value is -1.80. The molecule has 0 aliphatic carbocycles. The van der Waals surface area contributed by atoms with Crippen molar-refractivity contribution in [2.45, 2.75) is 13.8 Å². The van der Waals surface area contributed by atoms with Crippen LogP contribution in [0.15, 0.2) is 140 Å². The van der Waals surface area contributed by atoms with Crippen LogP contribution in [-0.4, -0.2) is 0 Å². The number of rotatable bonds is 6. The van der Waals surface area contributed by atoms with Gasteiger partial charge in [0.25, 0.3) is 0 Å². The Balaban J connectivity index is 0.000000180. The molecule has 0 aliphatic rings. The van der Waals surface area contributed by atoms with Crippen molar-refractivity contribution in [1.82, 2.24) is 0 Å². The molecule has 0 atom stereocenters. The number of hydrogen-bond acceptors (Lipinski definition) is 0. The molecule has 191 valence electrons. The van der Waals surface area contributed by atoms with E-state index in [1.54, 1.807) is 0 Å². The second-order valence-corrected chi connectivity index (χ2v) is 22.1. The van der Waals surface area contributed by atoms with Gasteiger partial charge in [-0.15, -0.1) is 0 Å². The maximum atomic E-state index is 6.22. The standard InChI is InChI=1S/C20H19P.C12H10P.2ClH.Pd/c1-16-10-9-15-20(17(16)2)21(18-11-5-3-6-12-18)19-13-7-4-8-14-19;1-3-7-11(8-4-1)13-12-9-5-2-6-10-12;;;/h3-15H,1-2H3;1-10H;2*1H;/q;-1;;;+3/p-2. The van der Waals surface area contributed by atoms with E-state index in [1.807, 2.05) is 36.4 Å². The topological polar surface area (TPSA) is 0 Å². The van der Waals surface area contributed by atoms with Crippen molar-refractivity contribution < 1.29 is 14.2 Å². The third kappa shape index (κ3) is 7.62. The van der Waals surface area contributed by atoms with Gasteiger partial charge in [-0.1, -0.05) is 78.9 Å².